The second-order valence-electron chi connectivity index (χ2n) is 4.11. The number of carbonyl (C=O) groups is 1. The van der Waals surface area contributed by atoms with E-state index < -0.39 is 10.8 Å². The number of nitrogens with zero attached hydrogens (tertiary/aromatic N) is 2. The molecule has 0 fully saturated rings. The maximum absolute atomic E-state index is 12.0. The van der Waals surface area contributed by atoms with Crippen molar-refractivity contribution in [1.29, 1.82) is 0 Å². The second kappa shape index (κ2) is 5.66. The fourth-order valence-electron chi connectivity index (χ4n) is 1.57. The molecule has 1 aromatic carbocycles. The molecule has 2 aromatic rings. The van der Waals surface area contributed by atoms with E-state index >= 15 is 0 Å². The molecule has 0 saturated heterocycles. The first-order chi connectivity index (χ1) is 9.47. The highest BCUT2D eigenvalue weighted by Crippen LogP contribution is 2.21. The Labute approximate surface area is 119 Å². The number of aromatic nitrogens is 1. The van der Waals surface area contributed by atoms with E-state index in [4.69, 9.17) is 11.6 Å². The summed E-state index contributed by atoms with van der Waals surface area (Å²) in [6, 6.07) is 6.99. The molecule has 7 heteroatoms. The Hall–Kier alpha value is -2.47. The molecule has 1 heterocycles. The van der Waals surface area contributed by atoms with E-state index in [1.807, 2.05) is 6.92 Å². The molecule has 0 saturated carbocycles. The third-order valence-corrected chi connectivity index (χ3v) is 2.87. The zero-order valence-corrected chi connectivity index (χ0v) is 11.2. The van der Waals surface area contributed by atoms with E-state index in [1.165, 1.54) is 24.3 Å². The molecule has 0 bridgehead atoms. The summed E-state index contributed by atoms with van der Waals surface area (Å²) in [7, 11) is 0. The molecule has 0 aliphatic carbocycles. The number of rotatable bonds is 3. The molecule has 2 rings (SSSR count). The Morgan fingerprint density at radius 2 is 2.00 bits per heavy atom. The van der Waals surface area contributed by atoms with Crippen LogP contribution in [0, 0.1) is 17.0 Å². The fourth-order valence-corrected chi connectivity index (χ4v) is 1.72. The summed E-state index contributed by atoms with van der Waals surface area (Å²) in [5.41, 5.74) is 1.48. The third kappa shape index (κ3) is 3.10. The highest BCUT2D eigenvalue weighted by Gasteiger charge is 2.11. The van der Waals surface area contributed by atoms with Gasteiger partial charge < -0.3 is 5.32 Å². The summed E-state index contributed by atoms with van der Waals surface area (Å²) >= 11 is 5.88. The average Bonchev–Trinajstić information content (AvgIpc) is 2.43. The number of hydrogen-bond acceptors (Lipinski definition) is 4. The fraction of sp³-hybridized carbons (Fsp3) is 0.0769. The number of hydrogen-bond donors (Lipinski definition) is 1. The number of anilines is 1. The molecule has 1 N–H and O–H groups in total. The van der Waals surface area contributed by atoms with Crippen LogP contribution in [-0.4, -0.2) is 15.8 Å². The summed E-state index contributed by atoms with van der Waals surface area (Å²) in [5, 5.41) is 13.3. The number of halogens is 1. The second-order valence-corrected chi connectivity index (χ2v) is 4.47. The van der Waals surface area contributed by atoms with Crippen LogP contribution in [0.5, 0.6) is 0 Å². The van der Waals surface area contributed by atoms with Crippen LogP contribution >= 0.6 is 11.6 Å². The molecule has 0 spiro atoms. The smallest absolute Gasteiger partial charge is 0.269 e. The van der Waals surface area contributed by atoms with Gasteiger partial charge in [0.25, 0.3) is 11.6 Å². The van der Waals surface area contributed by atoms with Crippen LogP contribution in [0.4, 0.5) is 11.4 Å². The van der Waals surface area contributed by atoms with Gasteiger partial charge in [0, 0.05) is 23.9 Å². The molecular formula is C13H10ClN3O3. The molecule has 102 valence electrons. The first kappa shape index (κ1) is 14.0. The number of carbonyl (C=O) groups excluding carboxylic acids is 1. The van der Waals surface area contributed by atoms with Gasteiger partial charge in [0.05, 0.1) is 10.6 Å². The minimum Gasteiger partial charge on any atom is -0.319 e. The van der Waals surface area contributed by atoms with Gasteiger partial charge in [-0.15, -0.1) is 0 Å². The number of nitrogens with one attached hydrogen (secondary N) is 1. The van der Waals surface area contributed by atoms with Crippen molar-refractivity contribution in [2.24, 2.45) is 0 Å². The summed E-state index contributed by atoms with van der Waals surface area (Å²) < 4.78 is 0. The van der Waals surface area contributed by atoms with Crippen molar-refractivity contribution >= 4 is 28.9 Å². The van der Waals surface area contributed by atoms with Crippen LogP contribution in [0.2, 0.25) is 5.15 Å². The lowest BCUT2D eigenvalue weighted by Gasteiger charge is -2.07. The van der Waals surface area contributed by atoms with Gasteiger partial charge in [-0.3, -0.25) is 14.9 Å². The van der Waals surface area contributed by atoms with E-state index in [1.54, 1.807) is 12.3 Å². The molecule has 0 aliphatic rings. The van der Waals surface area contributed by atoms with Crippen LogP contribution in [0.15, 0.2) is 36.5 Å². The normalized spacial score (nSPS) is 10.1. The third-order valence-electron chi connectivity index (χ3n) is 2.56. The van der Waals surface area contributed by atoms with Gasteiger partial charge in [-0.1, -0.05) is 11.6 Å². The summed E-state index contributed by atoms with van der Waals surface area (Å²) in [4.78, 5) is 25.9. The predicted octanol–water partition coefficient (Wildman–Crippen LogP) is 3.20. The average molecular weight is 292 g/mol. The number of pyridine rings is 1. The Morgan fingerprint density at radius 3 is 2.60 bits per heavy atom. The van der Waals surface area contributed by atoms with Gasteiger partial charge >= 0.3 is 0 Å². The summed E-state index contributed by atoms with van der Waals surface area (Å²) in [6.45, 7) is 1.82. The lowest BCUT2D eigenvalue weighted by Crippen LogP contribution is -2.12. The van der Waals surface area contributed by atoms with E-state index in [0.29, 0.717) is 11.3 Å². The van der Waals surface area contributed by atoms with Crippen molar-refractivity contribution in [3.8, 4) is 0 Å². The van der Waals surface area contributed by atoms with E-state index in [0.717, 1.165) is 5.56 Å². The van der Waals surface area contributed by atoms with Gasteiger partial charge in [-0.2, -0.15) is 0 Å². The van der Waals surface area contributed by atoms with Crippen molar-refractivity contribution < 1.29 is 9.72 Å². The number of non-ortho nitro benzene ring substituents is 1. The van der Waals surface area contributed by atoms with Crippen LogP contribution in [0.3, 0.4) is 0 Å². The molecule has 0 atom stereocenters. The number of nitro groups is 1. The predicted molar refractivity (Wildman–Crippen MR) is 75.0 cm³/mol. The molecule has 1 aromatic heterocycles. The van der Waals surface area contributed by atoms with Crippen molar-refractivity contribution in [1.82, 2.24) is 4.98 Å². The van der Waals surface area contributed by atoms with Crippen molar-refractivity contribution in [3.63, 3.8) is 0 Å². The first-order valence-corrected chi connectivity index (χ1v) is 6.03. The zero-order valence-electron chi connectivity index (χ0n) is 10.5. The highest BCUT2D eigenvalue weighted by atomic mass is 35.5. The van der Waals surface area contributed by atoms with E-state index in [2.05, 4.69) is 10.3 Å². The monoisotopic (exact) mass is 291 g/mol. The van der Waals surface area contributed by atoms with E-state index in [9.17, 15) is 14.9 Å². The number of aryl methyl sites for hydroxylation is 1. The van der Waals surface area contributed by atoms with Crippen molar-refractivity contribution in [2.75, 3.05) is 5.32 Å². The Morgan fingerprint density at radius 1 is 1.35 bits per heavy atom. The van der Waals surface area contributed by atoms with Crippen molar-refractivity contribution in [2.45, 2.75) is 6.92 Å². The maximum atomic E-state index is 12.0. The molecule has 0 aliphatic heterocycles. The molecule has 1 amide bonds. The van der Waals surface area contributed by atoms with Crippen LogP contribution < -0.4 is 5.32 Å². The number of nitro benzene ring substituents is 1. The Balaban J connectivity index is 2.19. The minimum absolute atomic E-state index is 0.0724. The standard InChI is InChI=1S/C13H10ClN3O3/c1-8-6-11(12(14)15-7-8)16-13(18)9-2-4-10(5-3-9)17(19)20/h2-7H,1H3,(H,16,18). The minimum atomic E-state index is -0.525. The highest BCUT2D eigenvalue weighted by molar-refractivity contribution is 6.32. The molecule has 6 nitrogen and oxygen atoms in total. The molecule has 20 heavy (non-hydrogen) atoms. The van der Waals surface area contributed by atoms with E-state index in [-0.39, 0.29) is 10.8 Å². The quantitative estimate of drug-likeness (QED) is 0.534. The molecule has 0 radical (unpaired) electrons. The van der Waals surface area contributed by atoms with Crippen LogP contribution in [0.1, 0.15) is 15.9 Å². The van der Waals surface area contributed by atoms with Gasteiger partial charge in [0.1, 0.15) is 0 Å². The van der Waals surface area contributed by atoms with Gasteiger partial charge in [0.15, 0.2) is 5.15 Å². The zero-order chi connectivity index (χ0) is 14.7. The lowest BCUT2D eigenvalue weighted by molar-refractivity contribution is -0.384. The van der Waals surface area contributed by atoms with Crippen LogP contribution in [0.25, 0.3) is 0 Å². The van der Waals surface area contributed by atoms with Crippen molar-refractivity contribution in [3.05, 3.63) is 62.9 Å². The Kier molecular flexibility index (Phi) is 3.95. The van der Waals surface area contributed by atoms with Gasteiger partial charge in [-0.25, -0.2) is 4.98 Å². The SMILES string of the molecule is Cc1cnc(Cl)c(NC(=O)c2ccc([N+](=O)[O-])cc2)c1. The van der Waals surface area contributed by atoms with Crippen LogP contribution in [-0.2, 0) is 0 Å². The Bertz CT molecular complexity index is 671. The number of benzene rings is 1. The largest absolute Gasteiger partial charge is 0.319 e. The first-order valence-electron chi connectivity index (χ1n) is 5.65. The topological polar surface area (TPSA) is 85.1 Å². The molecule has 0 unspecified atom stereocenters. The van der Waals surface area contributed by atoms with Gasteiger partial charge in [-0.05, 0) is 30.7 Å². The van der Waals surface area contributed by atoms with Gasteiger partial charge in [0.2, 0.25) is 0 Å². The number of amides is 1. The molecular weight excluding hydrogens is 282 g/mol. The lowest BCUT2D eigenvalue weighted by atomic mass is 10.2. The summed E-state index contributed by atoms with van der Waals surface area (Å²) in [5.74, 6) is -0.408. The maximum Gasteiger partial charge on any atom is 0.269 e. The summed E-state index contributed by atoms with van der Waals surface area (Å²) in [6.07, 6.45) is 1.59.